The van der Waals surface area contributed by atoms with E-state index in [1.165, 1.54) is 11.2 Å². The highest BCUT2D eigenvalue weighted by atomic mass is 16.3. The number of hydrogen-bond acceptors (Lipinski definition) is 5. The van der Waals surface area contributed by atoms with Crippen LogP contribution in [-0.2, 0) is 14.4 Å². The molecule has 0 aromatic carbocycles. The molecular weight excluding hydrogens is 362 g/mol. The van der Waals surface area contributed by atoms with Gasteiger partial charge in [0.15, 0.2) is 5.76 Å². The molecule has 0 bridgehead atoms. The van der Waals surface area contributed by atoms with Crippen LogP contribution in [0.4, 0.5) is 0 Å². The van der Waals surface area contributed by atoms with Crippen molar-refractivity contribution in [2.24, 2.45) is 11.8 Å². The van der Waals surface area contributed by atoms with Gasteiger partial charge in [-0.25, -0.2) is 0 Å². The molecule has 1 aromatic heterocycles. The molecule has 4 rings (SSSR count). The van der Waals surface area contributed by atoms with Gasteiger partial charge in [0.1, 0.15) is 0 Å². The Labute approximate surface area is 162 Å². The minimum absolute atomic E-state index is 0.0984. The highest BCUT2D eigenvalue weighted by Gasteiger charge is 2.47. The van der Waals surface area contributed by atoms with Crippen molar-refractivity contribution in [3.8, 4) is 0 Å². The van der Waals surface area contributed by atoms with Gasteiger partial charge < -0.3 is 14.2 Å². The zero-order valence-corrected chi connectivity index (χ0v) is 15.6. The van der Waals surface area contributed by atoms with Crippen molar-refractivity contribution in [1.29, 1.82) is 0 Å². The minimum atomic E-state index is -0.260. The van der Waals surface area contributed by atoms with Gasteiger partial charge in [-0.05, 0) is 25.0 Å². The van der Waals surface area contributed by atoms with Gasteiger partial charge in [0.2, 0.25) is 17.7 Å². The third-order valence-electron chi connectivity index (χ3n) is 5.80. The molecule has 0 saturated carbocycles. The number of imide groups is 1. The standard InChI is InChI=1S/C20H23N3O5/c24-17(7-8-23-18(25)14-4-1-2-5-15(14)19(23)26)21-9-11-22(12-10-21)20(27)16-6-3-13-28-16/h1-3,6,13-15H,4-5,7-12H2/t14-,15-/m0/s1. The Bertz CT molecular complexity index is 782. The van der Waals surface area contributed by atoms with Crippen LogP contribution in [0.15, 0.2) is 35.0 Å². The van der Waals surface area contributed by atoms with Crippen molar-refractivity contribution in [2.45, 2.75) is 19.3 Å². The first-order valence-corrected chi connectivity index (χ1v) is 9.67. The van der Waals surface area contributed by atoms with Gasteiger partial charge in [-0.1, -0.05) is 12.2 Å². The lowest BCUT2D eigenvalue weighted by molar-refractivity contribution is -0.141. The fraction of sp³-hybridized carbons (Fsp3) is 0.500. The molecule has 0 N–H and O–H groups in total. The first-order chi connectivity index (χ1) is 13.6. The summed E-state index contributed by atoms with van der Waals surface area (Å²) in [5.41, 5.74) is 0. The zero-order chi connectivity index (χ0) is 19.7. The van der Waals surface area contributed by atoms with Gasteiger partial charge in [-0.15, -0.1) is 0 Å². The molecule has 0 radical (unpaired) electrons. The lowest BCUT2D eigenvalue weighted by atomic mass is 9.85. The summed E-state index contributed by atoms with van der Waals surface area (Å²) in [7, 11) is 0. The van der Waals surface area contributed by atoms with Gasteiger partial charge in [-0.2, -0.15) is 0 Å². The van der Waals surface area contributed by atoms with E-state index in [-0.39, 0.29) is 48.4 Å². The van der Waals surface area contributed by atoms with Crippen molar-refractivity contribution in [3.63, 3.8) is 0 Å². The van der Waals surface area contributed by atoms with Crippen LogP contribution in [0.25, 0.3) is 0 Å². The number of nitrogens with zero attached hydrogens (tertiary/aromatic N) is 3. The minimum Gasteiger partial charge on any atom is -0.459 e. The first kappa shape index (κ1) is 18.5. The summed E-state index contributed by atoms with van der Waals surface area (Å²) in [6.07, 6.45) is 6.68. The van der Waals surface area contributed by atoms with E-state index in [4.69, 9.17) is 4.42 Å². The number of carbonyl (C=O) groups is 4. The van der Waals surface area contributed by atoms with E-state index < -0.39 is 0 Å². The summed E-state index contributed by atoms with van der Waals surface area (Å²) in [6, 6.07) is 3.29. The SMILES string of the molecule is O=C(CCN1C(=O)[C@H]2CC=CC[C@@H]2C1=O)N1CCN(C(=O)c2ccco2)CC1. The van der Waals surface area contributed by atoms with E-state index in [0.29, 0.717) is 44.8 Å². The van der Waals surface area contributed by atoms with Crippen LogP contribution in [0.5, 0.6) is 0 Å². The highest BCUT2D eigenvalue weighted by Crippen LogP contribution is 2.35. The van der Waals surface area contributed by atoms with Gasteiger partial charge in [0, 0.05) is 39.1 Å². The molecular formula is C20H23N3O5. The van der Waals surface area contributed by atoms with Crippen molar-refractivity contribution < 1.29 is 23.6 Å². The van der Waals surface area contributed by atoms with Crippen molar-refractivity contribution in [1.82, 2.24) is 14.7 Å². The summed E-state index contributed by atoms with van der Waals surface area (Å²) in [6.45, 7) is 1.87. The Morgan fingerprint density at radius 3 is 2.14 bits per heavy atom. The Balaban J connectivity index is 1.27. The van der Waals surface area contributed by atoms with E-state index in [9.17, 15) is 19.2 Å². The molecule has 28 heavy (non-hydrogen) atoms. The maximum atomic E-state index is 12.5. The number of amides is 4. The smallest absolute Gasteiger partial charge is 0.289 e. The molecule has 8 nitrogen and oxygen atoms in total. The summed E-state index contributed by atoms with van der Waals surface area (Å²) < 4.78 is 5.13. The summed E-state index contributed by atoms with van der Waals surface area (Å²) >= 11 is 0. The number of carbonyl (C=O) groups excluding carboxylic acids is 4. The van der Waals surface area contributed by atoms with Crippen LogP contribution < -0.4 is 0 Å². The number of rotatable bonds is 4. The lowest BCUT2D eigenvalue weighted by Crippen LogP contribution is -2.51. The Kier molecular flexibility index (Phi) is 5.02. The fourth-order valence-corrected chi connectivity index (χ4v) is 4.17. The molecule has 2 atom stereocenters. The molecule has 8 heteroatoms. The van der Waals surface area contributed by atoms with Crippen molar-refractivity contribution in [3.05, 3.63) is 36.3 Å². The summed E-state index contributed by atoms with van der Waals surface area (Å²) in [5, 5.41) is 0. The van der Waals surface area contributed by atoms with Gasteiger partial charge in [0.05, 0.1) is 18.1 Å². The molecule has 2 fully saturated rings. The molecule has 3 aliphatic rings. The van der Waals surface area contributed by atoms with Gasteiger partial charge in [0.25, 0.3) is 5.91 Å². The molecule has 2 aliphatic heterocycles. The molecule has 2 saturated heterocycles. The van der Waals surface area contributed by atoms with E-state index in [1.807, 2.05) is 12.2 Å². The van der Waals surface area contributed by atoms with Crippen molar-refractivity contribution in [2.75, 3.05) is 32.7 Å². The molecule has 4 amide bonds. The average Bonchev–Trinajstić information content (AvgIpc) is 3.35. The molecule has 1 aromatic rings. The van der Waals surface area contributed by atoms with Crippen molar-refractivity contribution >= 4 is 23.6 Å². The Morgan fingerprint density at radius 2 is 1.57 bits per heavy atom. The maximum Gasteiger partial charge on any atom is 0.289 e. The lowest BCUT2D eigenvalue weighted by Gasteiger charge is -2.34. The second-order valence-electron chi connectivity index (χ2n) is 7.38. The van der Waals surface area contributed by atoms with Crippen LogP contribution in [0, 0.1) is 11.8 Å². The molecule has 0 spiro atoms. The Hall–Kier alpha value is -2.90. The normalized spacial score (nSPS) is 24.6. The maximum absolute atomic E-state index is 12.5. The van der Waals surface area contributed by atoms with Gasteiger partial charge >= 0.3 is 0 Å². The third-order valence-corrected chi connectivity index (χ3v) is 5.80. The van der Waals surface area contributed by atoms with E-state index in [2.05, 4.69) is 0 Å². The van der Waals surface area contributed by atoms with Gasteiger partial charge in [-0.3, -0.25) is 24.1 Å². The van der Waals surface area contributed by atoms with Crippen LogP contribution in [0.2, 0.25) is 0 Å². The highest BCUT2D eigenvalue weighted by molar-refractivity contribution is 6.05. The number of fused-ring (bicyclic) bond motifs is 1. The van der Waals surface area contributed by atoms with Crippen LogP contribution in [0.3, 0.4) is 0 Å². The first-order valence-electron chi connectivity index (χ1n) is 9.67. The van der Waals surface area contributed by atoms with E-state index in [0.717, 1.165) is 0 Å². The molecule has 148 valence electrons. The second-order valence-corrected chi connectivity index (χ2v) is 7.38. The largest absolute Gasteiger partial charge is 0.459 e. The monoisotopic (exact) mass is 385 g/mol. The number of furan rings is 1. The van der Waals surface area contributed by atoms with E-state index >= 15 is 0 Å². The molecule has 1 aliphatic carbocycles. The van der Waals surface area contributed by atoms with Crippen LogP contribution in [-0.4, -0.2) is 71.1 Å². The Morgan fingerprint density at radius 1 is 0.964 bits per heavy atom. The molecule has 0 unspecified atom stereocenters. The zero-order valence-electron chi connectivity index (χ0n) is 15.6. The van der Waals surface area contributed by atoms with Crippen LogP contribution in [0.1, 0.15) is 29.8 Å². The number of allylic oxidation sites excluding steroid dienone is 2. The van der Waals surface area contributed by atoms with Crippen LogP contribution >= 0.6 is 0 Å². The predicted octanol–water partition coefficient (Wildman–Crippen LogP) is 0.905. The predicted molar refractivity (Wildman–Crippen MR) is 97.9 cm³/mol. The average molecular weight is 385 g/mol. The number of piperazine rings is 1. The van der Waals surface area contributed by atoms with E-state index in [1.54, 1.807) is 21.9 Å². The fourth-order valence-electron chi connectivity index (χ4n) is 4.17. The number of hydrogen-bond donors (Lipinski definition) is 0. The second kappa shape index (κ2) is 7.61. The third kappa shape index (κ3) is 3.34. The quantitative estimate of drug-likeness (QED) is 0.567. The summed E-state index contributed by atoms with van der Waals surface area (Å²) in [4.78, 5) is 54.3. The topological polar surface area (TPSA) is 91.1 Å². The molecule has 3 heterocycles. The summed E-state index contributed by atoms with van der Waals surface area (Å²) in [5.74, 6) is -0.809. The number of likely N-dealkylation sites (tertiary alicyclic amines) is 1.